The molecule has 0 amide bonds. The number of anilines is 1. The van der Waals surface area contributed by atoms with Gasteiger partial charge in [0.2, 0.25) is 0 Å². The van der Waals surface area contributed by atoms with Crippen molar-refractivity contribution in [1.29, 1.82) is 5.26 Å². The van der Waals surface area contributed by atoms with Crippen molar-refractivity contribution < 1.29 is 4.74 Å². The lowest BCUT2D eigenvalue weighted by atomic mass is 9.97. The summed E-state index contributed by atoms with van der Waals surface area (Å²) in [7, 11) is 0. The topological polar surface area (TPSA) is 66.5 Å². The largest absolute Gasteiger partial charge is 0.371 e. The van der Waals surface area contributed by atoms with E-state index in [1.165, 1.54) is 5.56 Å². The fourth-order valence-corrected chi connectivity index (χ4v) is 5.18. The normalized spacial score (nSPS) is 19.6. The van der Waals surface area contributed by atoms with E-state index in [0.717, 1.165) is 59.5 Å². The monoisotopic (exact) mass is 449 g/mol. The Morgan fingerprint density at radius 2 is 1.71 bits per heavy atom. The smallest absolute Gasteiger partial charge is 0.128 e. The zero-order valence-corrected chi connectivity index (χ0v) is 19.5. The number of nitriles is 1. The molecule has 2 bridgehead atoms. The summed E-state index contributed by atoms with van der Waals surface area (Å²) in [4.78, 5) is 7.14. The molecule has 0 saturated carbocycles. The van der Waals surface area contributed by atoms with Gasteiger partial charge in [0.25, 0.3) is 0 Å². The number of pyridine rings is 2. The summed E-state index contributed by atoms with van der Waals surface area (Å²) in [5.41, 5.74) is 6.79. The molecule has 6 nitrogen and oxygen atoms in total. The van der Waals surface area contributed by atoms with Crippen LogP contribution < -0.4 is 4.90 Å². The van der Waals surface area contributed by atoms with Gasteiger partial charge in [0.15, 0.2) is 0 Å². The molecule has 0 spiro atoms. The molecule has 2 atom stereocenters. The zero-order chi connectivity index (χ0) is 23.2. The van der Waals surface area contributed by atoms with Crippen molar-refractivity contribution in [3.05, 3.63) is 72.2 Å². The molecule has 2 aliphatic rings. The third-order valence-electron chi connectivity index (χ3n) is 7.07. The third kappa shape index (κ3) is 3.63. The minimum absolute atomic E-state index is 0.323. The Morgan fingerprint density at radius 3 is 2.35 bits per heavy atom. The van der Waals surface area contributed by atoms with Gasteiger partial charge in [0.05, 0.1) is 29.5 Å². The number of hydrogen-bond donors (Lipinski definition) is 0. The Kier molecular flexibility index (Phi) is 5.08. The van der Waals surface area contributed by atoms with Crippen LogP contribution in [0.1, 0.15) is 43.7 Å². The number of benzene rings is 1. The van der Waals surface area contributed by atoms with Crippen LogP contribution in [0.25, 0.3) is 27.8 Å². The van der Waals surface area contributed by atoms with Crippen molar-refractivity contribution in [2.45, 2.75) is 44.8 Å². The molecule has 2 aliphatic heterocycles. The Morgan fingerprint density at radius 1 is 0.971 bits per heavy atom. The standard InChI is InChI=1S/C28H27N5O/c1-18(2)19-3-5-20(6-4-19)22-11-26(28-23(12-29)14-31-33(28)15-22)21-7-10-27(30-13-21)32-16-24-8-9-25(17-32)34-24/h3-7,10-11,13-15,18,24-25H,8-9,16-17H2,1-2H3. The summed E-state index contributed by atoms with van der Waals surface area (Å²) in [6.07, 6.45) is 8.47. The lowest BCUT2D eigenvalue weighted by molar-refractivity contribution is 0.0302. The van der Waals surface area contributed by atoms with E-state index in [1.54, 1.807) is 6.20 Å². The number of rotatable bonds is 4. The van der Waals surface area contributed by atoms with E-state index >= 15 is 0 Å². The second-order valence-corrected chi connectivity index (χ2v) is 9.65. The van der Waals surface area contributed by atoms with Crippen LogP contribution in [0.5, 0.6) is 0 Å². The van der Waals surface area contributed by atoms with Gasteiger partial charge in [-0.05, 0) is 48.1 Å². The highest BCUT2D eigenvalue weighted by atomic mass is 16.5. The number of morpholine rings is 1. The number of nitrogens with zero attached hydrogens (tertiary/aromatic N) is 5. The molecular formula is C28H27N5O. The van der Waals surface area contributed by atoms with Gasteiger partial charge in [0.1, 0.15) is 11.9 Å². The molecule has 2 unspecified atom stereocenters. The molecule has 0 aliphatic carbocycles. The van der Waals surface area contributed by atoms with E-state index < -0.39 is 0 Å². The number of ether oxygens (including phenoxy) is 1. The first kappa shape index (κ1) is 20.9. The molecule has 6 rings (SSSR count). The number of aromatic nitrogens is 3. The van der Waals surface area contributed by atoms with Gasteiger partial charge in [-0.1, -0.05) is 38.1 Å². The van der Waals surface area contributed by atoms with Crippen molar-refractivity contribution >= 4 is 11.3 Å². The third-order valence-corrected chi connectivity index (χ3v) is 7.07. The lowest BCUT2D eigenvalue weighted by Crippen LogP contribution is -2.43. The van der Waals surface area contributed by atoms with Gasteiger partial charge in [-0.25, -0.2) is 9.50 Å². The SMILES string of the molecule is CC(C)c1ccc(-c2cc(-c3ccc(N4CC5CCC(C4)O5)nc3)c3c(C#N)cnn3c2)cc1. The first-order valence-corrected chi connectivity index (χ1v) is 12.0. The van der Waals surface area contributed by atoms with Crippen LogP contribution in [0.3, 0.4) is 0 Å². The predicted octanol–water partition coefficient (Wildman–Crippen LogP) is 5.43. The second kappa shape index (κ2) is 8.27. The molecule has 0 N–H and O–H groups in total. The Hall–Kier alpha value is -3.69. The van der Waals surface area contributed by atoms with E-state index in [-0.39, 0.29) is 0 Å². The van der Waals surface area contributed by atoms with Crippen molar-refractivity contribution in [2.75, 3.05) is 18.0 Å². The maximum absolute atomic E-state index is 9.70. The van der Waals surface area contributed by atoms with Crippen LogP contribution in [0, 0.1) is 11.3 Å². The molecule has 34 heavy (non-hydrogen) atoms. The average molecular weight is 450 g/mol. The summed E-state index contributed by atoms with van der Waals surface area (Å²) in [5.74, 6) is 1.47. The highest BCUT2D eigenvalue weighted by Crippen LogP contribution is 2.34. The predicted molar refractivity (Wildman–Crippen MR) is 133 cm³/mol. The number of hydrogen-bond acceptors (Lipinski definition) is 5. The zero-order valence-electron chi connectivity index (χ0n) is 19.5. The van der Waals surface area contributed by atoms with Crippen LogP contribution in [-0.4, -0.2) is 39.9 Å². The van der Waals surface area contributed by atoms with E-state index in [0.29, 0.717) is 23.7 Å². The summed E-state index contributed by atoms with van der Waals surface area (Å²) >= 11 is 0. The maximum atomic E-state index is 9.70. The van der Waals surface area contributed by atoms with Gasteiger partial charge < -0.3 is 9.64 Å². The molecule has 0 radical (unpaired) electrons. The van der Waals surface area contributed by atoms with Crippen LogP contribution in [0.2, 0.25) is 0 Å². The van der Waals surface area contributed by atoms with Gasteiger partial charge in [-0.15, -0.1) is 0 Å². The van der Waals surface area contributed by atoms with Gasteiger partial charge in [0, 0.05) is 42.2 Å². The van der Waals surface area contributed by atoms with E-state index in [4.69, 9.17) is 9.72 Å². The maximum Gasteiger partial charge on any atom is 0.128 e. The van der Waals surface area contributed by atoms with E-state index in [9.17, 15) is 5.26 Å². The summed E-state index contributed by atoms with van der Waals surface area (Å²) < 4.78 is 7.79. The summed E-state index contributed by atoms with van der Waals surface area (Å²) in [6, 6.07) is 17.3. The Labute approximate surface area is 199 Å². The quantitative estimate of drug-likeness (QED) is 0.416. The fraction of sp³-hybridized carbons (Fsp3) is 0.321. The molecule has 3 aromatic heterocycles. The molecule has 4 aromatic rings. The molecule has 170 valence electrons. The van der Waals surface area contributed by atoms with Gasteiger partial charge in [-0.2, -0.15) is 10.4 Å². The summed E-state index contributed by atoms with van der Waals surface area (Å²) in [6.45, 7) is 6.20. The lowest BCUT2D eigenvalue weighted by Gasteiger charge is -2.33. The van der Waals surface area contributed by atoms with Crippen molar-refractivity contribution in [1.82, 2.24) is 14.6 Å². The molecule has 2 fully saturated rings. The first-order valence-electron chi connectivity index (χ1n) is 12.0. The average Bonchev–Trinajstić information content (AvgIpc) is 3.45. The van der Waals surface area contributed by atoms with E-state index in [1.807, 2.05) is 16.9 Å². The fourth-order valence-electron chi connectivity index (χ4n) is 5.18. The molecule has 2 saturated heterocycles. The first-order chi connectivity index (χ1) is 16.6. The van der Waals surface area contributed by atoms with Crippen molar-refractivity contribution in [2.24, 2.45) is 0 Å². The van der Waals surface area contributed by atoms with Crippen molar-refractivity contribution in [3.63, 3.8) is 0 Å². The highest BCUT2D eigenvalue weighted by Gasteiger charge is 2.34. The minimum atomic E-state index is 0.323. The van der Waals surface area contributed by atoms with Crippen LogP contribution in [-0.2, 0) is 4.74 Å². The van der Waals surface area contributed by atoms with Gasteiger partial charge >= 0.3 is 0 Å². The highest BCUT2D eigenvalue weighted by molar-refractivity contribution is 5.87. The Balaban J connectivity index is 1.40. The van der Waals surface area contributed by atoms with Gasteiger partial charge in [-0.3, -0.25) is 0 Å². The minimum Gasteiger partial charge on any atom is -0.371 e. The molecule has 6 heteroatoms. The molecular weight excluding hydrogens is 422 g/mol. The van der Waals surface area contributed by atoms with Crippen LogP contribution in [0.15, 0.2) is 61.1 Å². The number of fused-ring (bicyclic) bond motifs is 3. The molecule has 5 heterocycles. The van der Waals surface area contributed by atoms with Crippen molar-refractivity contribution in [3.8, 4) is 28.3 Å². The molecule has 1 aromatic carbocycles. The van der Waals surface area contributed by atoms with Crippen LogP contribution >= 0.6 is 0 Å². The van der Waals surface area contributed by atoms with Crippen LogP contribution in [0.4, 0.5) is 5.82 Å². The second-order valence-electron chi connectivity index (χ2n) is 9.65. The van der Waals surface area contributed by atoms with E-state index in [2.05, 4.69) is 72.4 Å². The Bertz CT molecular complexity index is 1370. The summed E-state index contributed by atoms with van der Waals surface area (Å²) in [5, 5.41) is 14.2.